The van der Waals surface area contributed by atoms with Gasteiger partial charge in [-0.2, -0.15) is 0 Å². The molecular formula is C22H26O3. The summed E-state index contributed by atoms with van der Waals surface area (Å²) in [5, 5.41) is 0. The van der Waals surface area contributed by atoms with E-state index in [1.807, 2.05) is 32.9 Å². The second kappa shape index (κ2) is 7.54. The van der Waals surface area contributed by atoms with Crippen LogP contribution in [0.3, 0.4) is 0 Å². The van der Waals surface area contributed by atoms with E-state index in [4.69, 9.17) is 4.74 Å². The minimum Gasteiger partial charge on any atom is -0.381 e. The van der Waals surface area contributed by atoms with E-state index in [-0.39, 0.29) is 17.5 Å². The topological polar surface area (TPSA) is 43.4 Å². The van der Waals surface area contributed by atoms with Crippen molar-refractivity contribution >= 4 is 11.6 Å². The van der Waals surface area contributed by atoms with Crippen molar-refractivity contribution in [1.29, 1.82) is 0 Å². The summed E-state index contributed by atoms with van der Waals surface area (Å²) in [6.07, 6.45) is 2.99. The monoisotopic (exact) mass is 338 g/mol. The van der Waals surface area contributed by atoms with Crippen molar-refractivity contribution < 1.29 is 14.3 Å². The number of rotatable bonds is 2. The van der Waals surface area contributed by atoms with Crippen LogP contribution < -0.4 is 0 Å². The van der Waals surface area contributed by atoms with Crippen LogP contribution in [0.15, 0.2) is 12.1 Å². The predicted molar refractivity (Wildman–Crippen MR) is 97.5 cm³/mol. The lowest BCUT2D eigenvalue weighted by atomic mass is 9.69. The van der Waals surface area contributed by atoms with Gasteiger partial charge in [0, 0.05) is 31.6 Å². The normalized spacial score (nSPS) is 24.8. The maximum atomic E-state index is 12.9. The van der Waals surface area contributed by atoms with Gasteiger partial charge in [0.1, 0.15) is 17.5 Å². The van der Waals surface area contributed by atoms with Crippen LogP contribution in [0, 0.1) is 37.5 Å². The fourth-order valence-corrected chi connectivity index (χ4v) is 4.49. The summed E-state index contributed by atoms with van der Waals surface area (Å²) in [7, 11) is 0. The van der Waals surface area contributed by atoms with E-state index in [0.29, 0.717) is 18.8 Å². The minimum atomic E-state index is -0.584. The van der Waals surface area contributed by atoms with Gasteiger partial charge in [0.15, 0.2) is 0 Å². The molecule has 1 aromatic carbocycles. The van der Waals surface area contributed by atoms with Crippen molar-refractivity contribution in [3.63, 3.8) is 0 Å². The molecule has 3 rings (SSSR count). The zero-order valence-electron chi connectivity index (χ0n) is 15.4. The summed E-state index contributed by atoms with van der Waals surface area (Å²) < 4.78 is 5.42. The van der Waals surface area contributed by atoms with Gasteiger partial charge in [-0.25, -0.2) is 0 Å². The summed E-state index contributed by atoms with van der Waals surface area (Å²) in [6, 6.07) is 3.98. The molecule has 0 atom stereocenters. The number of hydrogen-bond acceptors (Lipinski definition) is 3. The van der Waals surface area contributed by atoms with Crippen LogP contribution in [0.1, 0.15) is 60.8 Å². The van der Waals surface area contributed by atoms with Crippen LogP contribution in [0.5, 0.6) is 0 Å². The van der Waals surface area contributed by atoms with Gasteiger partial charge in [0.2, 0.25) is 0 Å². The molecule has 25 heavy (non-hydrogen) atoms. The van der Waals surface area contributed by atoms with E-state index >= 15 is 0 Å². The summed E-state index contributed by atoms with van der Waals surface area (Å²) >= 11 is 0. The maximum absolute atomic E-state index is 12.9. The highest BCUT2D eigenvalue weighted by Gasteiger charge is 2.40. The maximum Gasteiger partial charge on any atom is 0.148 e. The van der Waals surface area contributed by atoms with Gasteiger partial charge in [-0.1, -0.05) is 5.92 Å². The summed E-state index contributed by atoms with van der Waals surface area (Å²) in [6.45, 7) is 7.28. The Kier molecular flexibility index (Phi) is 5.39. The molecule has 1 heterocycles. The molecule has 0 aromatic heterocycles. The molecule has 2 fully saturated rings. The summed E-state index contributed by atoms with van der Waals surface area (Å²) in [5.41, 5.74) is 3.84. The molecule has 132 valence electrons. The number of benzene rings is 1. The van der Waals surface area contributed by atoms with E-state index < -0.39 is 5.92 Å². The molecular weight excluding hydrogens is 312 g/mol. The third-order valence-electron chi connectivity index (χ3n) is 5.66. The number of Topliss-reactive ketones (excluding diaryl/α,β-unsaturated/α-hetero) is 2. The molecule has 0 bridgehead atoms. The third-order valence-corrected chi connectivity index (χ3v) is 5.66. The first-order chi connectivity index (χ1) is 12.0. The molecule has 0 unspecified atom stereocenters. The van der Waals surface area contributed by atoms with Gasteiger partial charge in [-0.15, -0.1) is 5.92 Å². The molecule has 3 nitrogen and oxygen atoms in total. The molecule has 0 spiro atoms. The predicted octanol–water partition coefficient (Wildman–Crippen LogP) is 3.73. The molecule has 0 amide bonds. The largest absolute Gasteiger partial charge is 0.381 e. The first kappa shape index (κ1) is 17.9. The number of carbonyl (C=O) groups excluding carboxylic acids is 2. The quantitative estimate of drug-likeness (QED) is 0.609. The van der Waals surface area contributed by atoms with Gasteiger partial charge in [0.25, 0.3) is 0 Å². The van der Waals surface area contributed by atoms with Crippen molar-refractivity contribution in [2.24, 2.45) is 11.8 Å². The minimum absolute atomic E-state index is 0.0910. The Morgan fingerprint density at radius 2 is 1.52 bits per heavy atom. The van der Waals surface area contributed by atoms with E-state index in [1.165, 1.54) is 0 Å². The fourth-order valence-electron chi connectivity index (χ4n) is 4.49. The van der Waals surface area contributed by atoms with E-state index in [0.717, 1.165) is 48.3 Å². The Balaban J connectivity index is 1.85. The number of aryl methyl sites for hydroxylation is 2. The summed E-state index contributed by atoms with van der Waals surface area (Å²) in [5.74, 6) is 6.21. The first-order valence-corrected chi connectivity index (χ1v) is 9.18. The highest BCUT2D eigenvalue weighted by Crippen LogP contribution is 2.39. The van der Waals surface area contributed by atoms with Gasteiger partial charge >= 0.3 is 0 Å². The molecule has 1 saturated heterocycles. The van der Waals surface area contributed by atoms with E-state index in [9.17, 15) is 9.59 Å². The van der Waals surface area contributed by atoms with Crippen LogP contribution >= 0.6 is 0 Å². The second-order valence-corrected chi connectivity index (χ2v) is 7.38. The van der Waals surface area contributed by atoms with Crippen LogP contribution in [0.25, 0.3) is 0 Å². The van der Waals surface area contributed by atoms with Crippen LogP contribution in [-0.4, -0.2) is 24.8 Å². The van der Waals surface area contributed by atoms with Gasteiger partial charge < -0.3 is 4.74 Å². The molecule has 0 radical (unpaired) electrons. The number of hydrogen-bond donors (Lipinski definition) is 0. The Bertz CT molecular complexity index is 703. The smallest absolute Gasteiger partial charge is 0.148 e. The third kappa shape index (κ3) is 3.70. The first-order valence-electron chi connectivity index (χ1n) is 9.18. The van der Waals surface area contributed by atoms with Crippen molar-refractivity contribution in [1.82, 2.24) is 0 Å². The Hall–Kier alpha value is -1.92. The Morgan fingerprint density at radius 1 is 0.960 bits per heavy atom. The molecule has 1 aliphatic carbocycles. The van der Waals surface area contributed by atoms with E-state index in [2.05, 4.69) is 11.8 Å². The standard InChI is InChI=1S/C22H26O3/c1-4-5-16-10-14(2)21(15(3)11-16)22-19(23)12-18(13-20(22)24)17-6-8-25-9-7-17/h10-11,17-18,22H,6-9,12-13H2,1-3H3. The Labute approximate surface area is 150 Å². The summed E-state index contributed by atoms with van der Waals surface area (Å²) in [4.78, 5) is 25.8. The highest BCUT2D eigenvalue weighted by molar-refractivity contribution is 6.10. The number of ketones is 2. The molecule has 1 aromatic rings. The zero-order valence-corrected chi connectivity index (χ0v) is 15.4. The second-order valence-electron chi connectivity index (χ2n) is 7.38. The fraction of sp³-hybridized carbons (Fsp3) is 0.545. The van der Waals surface area contributed by atoms with Crippen molar-refractivity contribution in [2.45, 2.75) is 52.4 Å². The molecule has 1 aliphatic heterocycles. The Morgan fingerprint density at radius 3 is 2.04 bits per heavy atom. The van der Waals surface area contributed by atoms with Crippen molar-refractivity contribution in [3.05, 3.63) is 34.4 Å². The molecule has 1 saturated carbocycles. The van der Waals surface area contributed by atoms with Crippen LogP contribution in [0.4, 0.5) is 0 Å². The average Bonchev–Trinajstić information content (AvgIpc) is 2.57. The van der Waals surface area contributed by atoms with Gasteiger partial charge in [-0.3, -0.25) is 9.59 Å². The lowest BCUT2D eigenvalue weighted by molar-refractivity contribution is -0.135. The number of carbonyl (C=O) groups is 2. The van der Waals surface area contributed by atoms with Crippen LogP contribution in [-0.2, 0) is 14.3 Å². The van der Waals surface area contributed by atoms with Crippen LogP contribution in [0.2, 0.25) is 0 Å². The van der Waals surface area contributed by atoms with Crippen molar-refractivity contribution in [3.8, 4) is 11.8 Å². The lowest BCUT2D eigenvalue weighted by Crippen LogP contribution is -2.37. The molecule has 0 N–H and O–H groups in total. The highest BCUT2D eigenvalue weighted by atomic mass is 16.5. The molecule has 2 aliphatic rings. The lowest BCUT2D eigenvalue weighted by Gasteiger charge is -2.35. The molecule has 3 heteroatoms. The average molecular weight is 338 g/mol. The van der Waals surface area contributed by atoms with Gasteiger partial charge in [0.05, 0.1) is 0 Å². The zero-order chi connectivity index (χ0) is 18.0. The SMILES string of the molecule is CC#Cc1cc(C)c(C2C(=O)CC(C3CCOCC3)CC2=O)c(C)c1. The van der Waals surface area contributed by atoms with Gasteiger partial charge in [-0.05, 0) is 74.3 Å². The van der Waals surface area contributed by atoms with E-state index in [1.54, 1.807) is 0 Å². The van der Waals surface area contributed by atoms with Crippen molar-refractivity contribution in [2.75, 3.05) is 13.2 Å². The number of ether oxygens (including phenoxy) is 1.